The summed E-state index contributed by atoms with van der Waals surface area (Å²) in [5, 5.41) is 0. The highest BCUT2D eigenvalue weighted by Crippen LogP contribution is 2.35. The van der Waals surface area contributed by atoms with E-state index in [9.17, 15) is 0 Å². The van der Waals surface area contributed by atoms with Crippen LogP contribution in [-0.2, 0) is 5.41 Å². The Balaban J connectivity index is 3.12. The van der Waals surface area contributed by atoms with Gasteiger partial charge in [-0.3, -0.25) is 0 Å². The first-order valence-corrected chi connectivity index (χ1v) is 5.66. The van der Waals surface area contributed by atoms with Crippen LogP contribution in [0.15, 0.2) is 18.2 Å². The molecule has 0 heterocycles. The third-order valence-corrected chi connectivity index (χ3v) is 2.96. The van der Waals surface area contributed by atoms with E-state index in [4.69, 9.17) is 4.74 Å². The van der Waals surface area contributed by atoms with Crippen molar-refractivity contribution in [3.05, 3.63) is 29.3 Å². The minimum absolute atomic E-state index is 0.202. The van der Waals surface area contributed by atoms with Crippen LogP contribution in [0.5, 0.6) is 5.75 Å². The van der Waals surface area contributed by atoms with Crippen LogP contribution in [0.1, 0.15) is 44.7 Å². The topological polar surface area (TPSA) is 9.23 Å². The largest absolute Gasteiger partial charge is 0.496 e. The minimum atomic E-state index is 0.202. The molecule has 0 aromatic heterocycles. The van der Waals surface area contributed by atoms with Gasteiger partial charge in [-0.25, -0.2) is 0 Å². The Morgan fingerprint density at radius 2 is 1.93 bits per heavy atom. The van der Waals surface area contributed by atoms with E-state index in [1.54, 1.807) is 7.11 Å². The van der Waals surface area contributed by atoms with E-state index in [0.29, 0.717) is 0 Å². The standard InChI is InChI=1S/C14H22O/c1-6-9-14(3,4)12-8-7-11(2)10-13(12)15-5/h7-8,10H,6,9H2,1-5H3. The number of hydrogen-bond donors (Lipinski definition) is 0. The average Bonchev–Trinajstić information content (AvgIpc) is 2.17. The molecule has 0 atom stereocenters. The number of benzene rings is 1. The first-order chi connectivity index (χ1) is 7.01. The van der Waals surface area contributed by atoms with E-state index < -0.39 is 0 Å². The van der Waals surface area contributed by atoms with Crippen LogP contribution in [-0.4, -0.2) is 7.11 Å². The van der Waals surface area contributed by atoms with Crippen molar-refractivity contribution in [2.75, 3.05) is 7.11 Å². The van der Waals surface area contributed by atoms with Gasteiger partial charge in [0.25, 0.3) is 0 Å². The lowest BCUT2D eigenvalue weighted by atomic mass is 9.80. The van der Waals surface area contributed by atoms with Crippen molar-refractivity contribution < 1.29 is 4.74 Å². The summed E-state index contributed by atoms with van der Waals surface area (Å²) in [4.78, 5) is 0. The van der Waals surface area contributed by atoms with Gasteiger partial charge in [0.05, 0.1) is 7.11 Å². The van der Waals surface area contributed by atoms with E-state index in [-0.39, 0.29) is 5.41 Å². The quantitative estimate of drug-likeness (QED) is 0.721. The van der Waals surface area contributed by atoms with Gasteiger partial charge in [0.1, 0.15) is 5.75 Å². The predicted molar refractivity (Wildman–Crippen MR) is 65.7 cm³/mol. The summed E-state index contributed by atoms with van der Waals surface area (Å²) >= 11 is 0. The number of aryl methyl sites for hydroxylation is 1. The smallest absolute Gasteiger partial charge is 0.122 e. The zero-order valence-electron chi connectivity index (χ0n) is 10.6. The van der Waals surface area contributed by atoms with Gasteiger partial charge < -0.3 is 4.74 Å². The van der Waals surface area contributed by atoms with E-state index in [2.05, 4.69) is 45.9 Å². The van der Waals surface area contributed by atoms with Crippen LogP contribution in [0.2, 0.25) is 0 Å². The van der Waals surface area contributed by atoms with Crippen molar-refractivity contribution in [2.24, 2.45) is 0 Å². The third-order valence-electron chi connectivity index (χ3n) is 2.96. The lowest BCUT2D eigenvalue weighted by molar-refractivity contribution is 0.384. The third kappa shape index (κ3) is 2.74. The molecule has 0 aliphatic rings. The van der Waals surface area contributed by atoms with Crippen molar-refractivity contribution in [3.63, 3.8) is 0 Å². The van der Waals surface area contributed by atoms with Crippen LogP contribution in [0.3, 0.4) is 0 Å². The number of methoxy groups -OCH3 is 1. The van der Waals surface area contributed by atoms with Crippen molar-refractivity contribution in [3.8, 4) is 5.75 Å². The molecular formula is C14H22O. The Hall–Kier alpha value is -0.980. The highest BCUT2D eigenvalue weighted by Gasteiger charge is 2.23. The summed E-state index contributed by atoms with van der Waals surface area (Å²) in [5.74, 6) is 1.02. The van der Waals surface area contributed by atoms with Gasteiger partial charge in [-0.15, -0.1) is 0 Å². The lowest BCUT2D eigenvalue weighted by Crippen LogP contribution is -2.17. The first-order valence-electron chi connectivity index (χ1n) is 5.66. The summed E-state index contributed by atoms with van der Waals surface area (Å²) in [6, 6.07) is 6.48. The molecule has 84 valence electrons. The Morgan fingerprint density at radius 1 is 1.27 bits per heavy atom. The Kier molecular flexibility index (Phi) is 3.78. The molecule has 0 fully saturated rings. The number of hydrogen-bond acceptors (Lipinski definition) is 1. The van der Waals surface area contributed by atoms with Gasteiger partial charge in [0.2, 0.25) is 0 Å². The summed E-state index contributed by atoms with van der Waals surface area (Å²) in [5.41, 5.74) is 2.77. The van der Waals surface area contributed by atoms with Crippen LogP contribution >= 0.6 is 0 Å². The zero-order valence-corrected chi connectivity index (χ0v) is 10.6. The molecule has 0 aliphatic carbocycles. The summed E-state index contributed by atoms with van der Waals surface area (Å²) in [7, 11) is 1.75. The van der Waals surface area contributed by atoms with Gasteiger partial charge in [0.15, 0.2) is 0 Å². The maximum Gasteiger partial charge on any atom is 0.122 e. The lowest BCUT2D eigenvalue weighted by Gasteiger charge is -2.26. The molecule has 0 saturated carbocycles. The molecule has 0 spiro atoms. The van der Waals surface area contributed by atoms with Crippen molar-refractivity contribution >= 4 is 0 Å². The summed E-state index contributed by atoms with van der Waals surface area (Å²) in [6.45, 7) is 8.88. The van der Waals surface area contributed by atoms with E-state index >= 15 is 0 Å². The van der Waals surface area contributed by atoms with Gasteiger partial charge in [-0.05, 0) is 36.0 Å². The molecule has 0 radical (unpaired) electrons. The molecule has 0 amide bonds. The Morgan fingerprint density at radius 3 is 2.47 bits per heavy atom. The number of rotatable bonds is 4. The molecule has 1 nitrogen and oxygen atoms in total. The highest BCUT2D eigenvalue weighted by atomic mass is 16.5. The zero-order chi connectivity index (χ0) is 11.5. The van der Waals surface area contributed by atoms with Crippen LogP contribution in [0.4, 0.5) is 0 Å². The molecule has 0 aliphatic heterocycles. The van der Waals surface area contributed by atoms with Gasteiger partial charge in [-0.2, -0.15) is 0 Å². The van der Waals surface area contributed by atoms with E-state index in [0.717, 1.165) is 5.75 Å². The molecule has 1 rings (SSSR count). The second kappa shape index (κ2) is 4.69. The predicted octanol–water partition coefficient (Wildman–Crippen LogP) is 4.08. The van der Waals surface area contributed by atoms with Crippen molar-refractivity contribution in [2.45, 2.75) is 46.0 Å². The summed E-state index contributed by atoms with van der Waals surface area (Å²) in [6.07, 6.45) is 2.39. The highest BCUT2D eigenvalue weighted by molar-refractivity contribution is 5.41. The monoisotopic (exact) mass is 206 g/mol. The Bertz CT molecular complexity index is 326. The molecular weight excluding hydrogens is 184 g/mol. The fourth-order valence-electron chi connectivity index (χ4n) is 2.12. The number of ether oxygens (including phenoxy) is 1. The van der Waals surface area contributed by atoms with Crippen molar-refractivity contribution in [1.29, 1.82) is 0 Å². The van der Waals surface area contributed by atoms with E-state index in [1.807, 2.05) is 0 Å². The fraction of sp³-hybridized carbons (Fsp3) is 0.571. The normalized spacial score (nSPS) is 11.5. The SMILES string of the molecule is CCCC(C)(C)c1ccc(C)cc1OC. The van der Waals surface area contributed by atoms with Gasteiger partial charge in [0, 0.05) is 0 Å². The molecule has 15 heavy (non-hydrogen) atoms. The van der Waals surface area contributed by atoms with Crippen molar-refractivity contribution in [1.82, 2.24) is 0 Å². The molecule has 0 unspecified atom stereocenters. The van der Waals surface area contributed by atoms with Crippen LogP contribution in [0.25, 0.3) is 0 Å². The fourth-order valence-corrected chi connectivity index (χ4v) is 2.12. The molecule has 0 bridgehead atoms. The first kappa shape index (κ1) is 12.1. The molecule has 0 N–H and O–H groups in total. The minimum Gasteiger partial charge on any atom is -0.496 e. The van der Waals surface area contributed by atoms with E-state index in [1.165, 1.54) is 24.0 Å². The molecule has 1 aromatic rings. The molecule has 1 aromatic carbocycles. The summed E-state index contributed by atoms with van der Waals surface area (Å²) < 4.78 is 5.46. The molecule has 0 saturated heterocycles. The van der Waals surface area contributed by atoms with Gasteiger partial charge >= 0.3 is 0 Å². The maximum atomic E-state index is 5.46. The second-order valence-corrected chi connectivity index (χ2v) is 4.84. The van der Waals surface area contributed by atoms with Crippen LogP contribution in [0, 0.1) is 6.92 Å². The average molecular weight is 206 g/mol. The molecule has 1 heteroatoms. The second-order valence-electron chi connectivity index (χ2n) is 4.84. The Labute approximate surface area is 93.5 Å². The maximum absolute atomic E-state index is 5.46. The van der Waals surface area contributed by atoms with Crippen LogP contribution < -0.4 is 4.74 Å². The van der Waals surface area contributed by atoms with Gasteiger partial charge in [-0.1, -0.05) is 39.3 Å².